The zero-order valence-electron chi connectivity index (χ0n) is 15.1. The largest absolute Gasteiger partial charge is 0.391 e. The van der Waals surface area contributed by atoms with Gasteiger partial charge in [0.25, 0.3) is 5.56 Å². The number of carbonyl (C=O) groups is 1. The first-order valence-electron chi connectivity index (χ1n) is 8.38. The van der Waals surface area contributed by atoms with Crippen molar-refractivity contribution in [2.75, 3.05) is 11.9 Å². The molecule has 0 saturated heterocycles. The molecule has 1 aromatic heterocycles. The van der Waals surface area contributed by atoms with Crippen LogP contribution in [0.25, 0.3) is 5.69 Å². The molecule has 1 aromatic carbocycles. The maximum Gasteiger partial charge on any atom is 0.319 e. The summed E-state index contributed by atoms with van der Waals surface area (Å²) in [4.78, 5) is 24.8. The SMILES string of the molecule is Cc1c(NC(=O)NCC(O)CC(C)C)c(=O)n(-c2ccccc2)n1C. The van der Waals surface area contributed by atoms with Gasteiger partial charge >= 0.3 is 6.03 Å². The highest BCUT2D eigenvalue weighted by Gasteiger charge is 2.18. The van der Waals surface area contributed by atoms with Crippen LogP contribution in [0.15, 0.2) is 35.1 Å². The van der Waals surface area contributed by atoms with Crippen LogP contribution >= 0.6 is 0 Å². The van der Waals surface area contributed by atoms with E-state index in [9.17, 15) is 14.7 Å². The van der Waals surface area contributed by atoms with Crippen molar-refractivity contribution in [1.82, 2.24) is 14.7 Å². The summed E-state index contributed by atoms with van der Waals surface area (Å²) in [5, 5.41) is 15.0. The molecular formula is C18H26N4O3. The number of hydrogen-bond acceptors (Lipinski definition) is 3. The molecule has 2 amide bonds. The lowest BCUT2D eigenvalue weighted by molar-refractivity contribution is 0.148. The summed E-state index contributed by atoms with van der Waals surface area (Å²) in [7, 11) is 1.76. The third-order valence-electron chi connectivity index (χ3n) is 4.03. The number of nitrogens with one attached hydrogen (secondary N) is 2. The molecule has 0 aliphatic carbocycles. The molecule has 2 rings (SSSR count). The van der Waals surface area contributed by atoms with E-state index in [1.54, 1.807) is 18.7 Å². The Kier molecular flexibility index (Phi) is 6.03. The van der Waals surface area contributed by atoms with E-state index in [-0.39, 0.29) is 17.8 Å². The second-order valence-corrected chi connectivity index (χ2v) is 6.55. The predicted octanol–water partition coefficient (Wildman–Crippen LogP) is 2.01. The molecular weight excluding hydrogens is 320 g/mol. The number of nitrogens with zero attached hydrogens (tertiary/aromatic N) is 2. The Morgan fingerprint density at radius 2 is 1.88 bits per heavy atom. The maximum absolute atomic E-state index is 12.7. The van der Waals surface area contributed by atoms with Crippen molar-refractivity contribution in [3.63, 3.8) is 0 Å². The zero-order chi connectivity index (χ0) is 18.6. The van der Waals surface area contributed by atoms with Gasteiger partial charge in [-0.25, -0.2) is 9.48 Å². The number of urea groups is 1. The van der Waals surface area contributed by atoms with Gasteiger partial charge in [-0.15, -0.1) is 0 Å². The predicted molar refractivity (Wildman–Crippen MR) is 98.2 cm³/mol. The lowest BCUT2D eigenvalue weighted by Crippen LogP contribution is -2.37. The van der Waals surface area contributed by atoms with E-state index in [1.807, 2.05) is 44.2 Å². The summed E-state index contributed by atoms with van der Waals surface area (Å²) in [5.41, 5.74) is 1.29. The van der Waals surface area contributed by atoms with Crippen molar-refractivity contribution in [2.24, 2.45) is 13.0 Å². The molecule has 1 atom stereocenters. The highest BCUT2D eigenvalue weighted by atomic mass is 16.3. The number of benzene rings is 1. The summed E-state index contributed by atoms with van der Waals surface area (Å²) < 4.78 is 3.19. The average Bonchev–Trinajstić information content (AvgIpc) is 2.77. The molecule has 7 heteroatoms. The van der Waals surface area contributed by atoms with E-state index in [0.29, 0.717) is 18.0 Å². The van der Waals surface area contributed by atoms with Crippen LogP contribution in [0.4, 0.5) is 10.5 Å². The third kappa shape index (κ3) is 4.51. The first kappa shape index (κ1) is 18.8. The van der Waals surface area contributed by atoms with Gasteiger partial charge in [0.1, 0.15) is 5.69 Å². The minimum atomic E-state index is -0.608. The Labute approximate surface area is 147 Å². The second-order valence-electron chi connectivity index (χ2n) is 6.55. The number of aliphatic hydroxyl groups excluding tert-OH is 1. The topological polar surface area (TPSA) is 88.3 Å². The molecule has 0 aliphatic heterocycles. The molecule has 1 unspecified atom stereocenters. The molecule has 0 spiro atoms. The molecule has 136 valence electrons. The van der Waals surface area contributed by atoms with E-state index < -0.39 is 12.1 Å². The minimum absolute atomic E-state index is 0.142. The van der Waals surface area contributed by atoms with Crippen LogP contribution in [-0.2, 0) is 7.05 Å². The van der Waals surface area contributed by atoms with Gasteiger partial charge in [0.15, 0.2) is 0 Å². The molecule has 0 aliphatic rings. The second kappa shape index (κ2) is 8.02. The lowest BCUT2D eigenvalue weighted by atomic mass is 10.1. The quantitative estimate of drug-likeness (QED) is 0.748. The molecule has 0 bridgehead atoms. The fraction of sp³-hybridized carbons (Fsp3) is 0.444. The standard InChI is InChI=1S/C18H26N4O3/c1-12(2)10-15(23)11-19-18(25)20-16-13(3)21(4)22(17(16)24)14-8-6-5-7-9-14/h5-9,12,15,23H,10-11H2,1-4H3,(H2,19,20,25). The zero-order valence-corrected chi connectivity index (χ0v) is 15.1. The van der Waals surface area contributed by atoms with E-state index >= 15 is 0 Å². The van der Waals surface area contributed by atoms with Gasteiger partial charge in [0.05, 0.1) is 17.5 Å². The lowest BCUT2D eigenvalue weighted by Gasteiger charge is -2.14. The van der Waals surface area contributed by atoms with Crippen LogP contribution in [0.3, 0.4) is 0 Å². The first-order valence-corrected chi connectivity index (χ1v) is 8.38. The van der Waals surface area contributed by atoms with E-state index in [1.165, 1.54) is 4.68 Å². The molecule has 0 fully saturated rings. The summed E-state index contributed by atoms with van der Waals surface area (Å²) >= 11 is 0. The Balaban J connectivity index is 2.13. The van der Waals surface area contributed by atoms with E-state index in [0.717, 1.165) is 5.69 Å². The molecule has 3 N–H and O–H groups in total. The van der Waals surface area contributed by atoms with Crippen LogP contribution in [0, 0.1) is 12.8 Å². The highest BCUT2D eigenvalue weighted by molar-refractivity contribution is 5.89. The van der Waals surface area contributed by atoms with Crippen LogP contribution in [0.2, 0.25) is 0 Å². The number of amides is 2. The molecule has 1 heterocycles. The number of hydrogen-bond donors (Lipinski definition) is 3. The van der Waals surface area contributed by atoms with Crippen molar-refractivity contribution in [2.45, 2.75) is 33.3 Å². The van der Waals surface area contributed by atoms with Gasteiger partial charge in [-0.05, 0) is 31.4 Å². The monoisotopic (exact) mass is 346 g/mol. The summed E-state index contributed by atoms with van der Waals surface area (Å²) in [6, 6.07) is 8.72. The fourth-order valence-corrected chi connectivity index (χ4v) is 2.71. The fourth-order valence-electron chi connectivity index (χ4n) is 2.71. The first-order chi connectivity index (χ1) is 11.8. The Hall–Kier alpha value is -2.54. The van der Waals surface area contributed by atoms with Crippen molar-refractivity contribution >= 4 is 11.7 Å². The average molecular weight is 346 g/mol. The summed E-state index contributed by atoms with van der Waals surface area (Å²) in [6.45, 7) is 5.91. The van der Waals surface area contributed by atoms with Gasteiger partial charge in [-0.3, -0.25) is 9.48 Å². The maximum atomic E-state index is 12.7. The number of carbonyl (C=O) groups excluding carboxylic acids is 1. The van der Waals surface area contributed by atoms with Gasteiger partial charge < -0.3 is 15.7 Å². The molecule has 7 nitrogen and oxygen atoms in total. The van der Waals surface area contributed by atoms with E-state index in [4.69, 9.17) is 0 Å². The normalized spacial score (nSPS) is 12.2. The van der Waals surface area contributed by atoms with Gasteiger partial charge in [0.2, 0.25) is 0 Å². The summed E-state index contributed by atoms with van der Waals surface area (Å²) in [6.07, 6.45) is -0.00514. The Bertz CT molecular complexity index is 778. The van der Waals surface area contributed by atoms with Crippen LogP contribution in [-0.4, -0.2) is 33.1 Å². The van der Waals surface area contributed by atoms with E-state index in [2.05, 4.69) is 10.6 Å². The van der Waals surface area contributed by atoms with Gasteiger partial charge in [-0.1, -0.05) is 32.0 Å². The molecule has 0 saturated carbocycles. The molecule has 25 heavy (non-hydrogen) atoms. The van der Waals surface area contributed by atoms with Crippen molar-refractivity contribution in [3.05, 3.63) is 46.4 Å². The number of aromatic nitrogens is 2. The van der Waals surface area contributed by atoms with Gasteiger partial charge in [-0.2, -0.15) is 0 Å². The Morgan fingerprint density at radius 3 is 2.48 bits per heavy atom. The number of anilines is 1. The van der Waals surface area contributed by atoms with Crippen molar-refractivity contribution in [3.8, 4) is 5.69 Å². The van der Waals surface area contributed by atoms with Gasteiger partial charge in [0, 0.05) is 13.6 Å². The third-order valence-corrected chi connectivity index (χ3v) is 4.03. The Morgan fingerprint density at radius 1 is 1.24 bits per heavy atom. The molecule has 2 aromatic rings. The molecule has 0 radical (unpaired) electrons. The van der Waals surface area contributed by atoms with Crippen molar-refractivity contribution in [1.29, 1.82) is 0 Å². The van der Waals surface area contributed by atoms with Crippen LogP contribution in [0.5, 0.6) is 0 Å². The van der Waals surface area contributed by atoms with Crippen LogP contribution in [0.1, 0.15) is 26.0 Å². The summed E-state index contributed by atoms with van der Waals surface area (Å²) in [5.74, 6) is 0.342. The highest BCUT2D eigenvalue weighted by Crippen LogP contribution is 2.13. The van der Waals surface area contributed by atoms with Crippen LogP contribution < -0.4 is 16.2 Å². The van der Waals surface area contributed by atoms with Crippen molar-refractivity contribution < 1.29 is 9.90 Å². The number of para-hydroxylation sites is 1. The number of rotatable bonds is 6. The smallest absolute Gasteiger partial charge is 0.319 e. The number of aliphatic hydroxyl groups is 1. The minimum Gasteiger partial charge on any atom is -0.391 e.